The summed E-state index contributed by atoms with van der Waals surface area (Å²) in [6, 6.07) is 17.0. The Morgan fingerprint density at radius 2 is 1.84 bits per heavy atom. The van der Waals surface area contributed by atoms with Crippen LogP contribution >= 0.6 is 0 Å². The molecule has 2 fully saturated rings. The summed E-state index contributed by atoms with van der Waals surface area (Å²) in [5.41, 5.74) is 2.79. The van der Waals surface area contributed by atoms with E-state index in [1.165, 1.54) is 17.7 Å². The van der Waals surface area contributed by atoms with Crippen LogP contribution in [0.4, 0.5) is 11.4 Å². The second kappa shape index (κ2) is 8.20. The van der Waals surface area contributed by atoms with Crippen molar-refractivity contribution in [3.8, 4) is 0 Å². The first-order valence-corrected chi connectivity index (χ1v) is 10.7. The van der Waals surface area contributed by atoms with Gasteiger partial charge >= 0.3 is 0 Å². The van der Waals surface area contributed by atoms with Crippen molar-refractivity contribution >= 4 is 17.5 Å². The van der Waals surface area contributed by atoms with Crippen molar-refractivity contribution in [3.63, 3.8) is 0 Å². The lowest BCUT2D eigenvalue weighted by Gasteiger charge is -2.52. The van der Waals surface area contributed by atoms with Crippen molar-refractivity contribution in [1.82, 2.24) is 4.90 Å². The smallest absolute Gasteiger partial charge is 0.269 e. The van der Waals surface area contributed by atoms with Crippen LogP contribution in [0.1, 0.15) is 24.8 Å². The molecule has 1 saturated carbocycles. The van der Waals surface area contributed by atoms with Crippen molar-refractivity contribution in [1.29, 1.82) is 0 Å². The minimum absolute atomic E-state index is 0.00417. The summed E-state index contributed by atoms with van der Waals surface area (Å²) >= 11 is 0. The van der Waals surface area contributed by atoms with Gasteiger partial charge in [0.1, 0.15) is 6.04 Å². The molecule has 2 unspecified atom stereocenters. The second-order valence-electron chi connectivity index (χ2n) is 8.10. The molecule has 0 bridgehead atoms. The average Bonchev–Trinajstić information content (AvgIpc) is 3.22. The number of anilines is 1. The predicted molar refractivity (Wildman–Crippen MR) is 118 cm³/mol. The van der Waals surface area contributed by atoms with Gasteiger partial charge in [0.25, 0.3) is 5.69 Å². The van der Waals surface area contributed by atoms with Crippen molar-refractivity contribution in [3.05, 3.63) is 75.8 Å². The minimum atomic E-state index is -0.520. The first-order chi connectivity index (χ1) is 15.2. The number of benzene rings is 2. The Morgan fingerprint density at radius 3 is 2.55 bits per heavy atom. The Labute approximate surface area is 180 Å². The molecule has 1 aliphatic carbocycles. The molecule has 2 aliphatic heterocycles. The number of non-ortho nitro benzene ring substituents is 1. The number of nitrogens with zero attached hydrogens (tertiary/aromatic N) is 5. The molecule has 1 saturated heterocycles. The molecule has 8 heteroatoms. The zero-order valence-electron chi connectivity index (χ0n) is 17.3. The molecule has 3 aliphatic rings. The maximum atomic E-state index is 11.1. The number of fused-ring (bicyclic) bond motifs is 1. The van der Waals surface area contributed by atoms with E-state index in [9.17, 15) is 10.1 Å². The van der Waals surface area contributed by atoms with Crippen molar-refractivity contribution < 1.29 is 9.66 Å². The van der Waals surface area contributed by atoms with Gasteiger partial charge in [0.15, 0.2) is 5.66 Å². The summed E-state index contributed by atoms with van der Waals surface area (Å²) in [5.74, 6) is 0. The Hall–Kier alpha value is -3.10. The molecule has 8 nitrogen and oxygen atoms in total. The molecule has 0 radical (unpaired) electrons. The summed E-state index contributed by atoms with van der Waals surface area (Å²) in [6.07, 6.45) is 5.24. The molecule has 5 rings (SSSR count). The molecule has 0 N–H and O–H groups in total. The summed E-state index contributed by atoms with van der Waals surface area (Å²) in [4.78, 5) is 13.2. The van der Waals surface area contributed by atoms with Gasteiger partial charge in [0.2, 0.25) is 0 Å². The van der Waals surface area contributed by atoms with E-state index in [2.05, 4.69) is 28.3 Å². The Balaban J connectivity index is 1.64. The van der Waals surface area contributed by atoms with Gasteiger partial charge < -0.3 is 4.74 Å². The quantitative estimate of drug-likeness (QED) is 0.540. The highest BCUT2D eigenvalue weighted by Gasteiger charge is 2.57. The highest BCUT2D eigenvalue weighted by Crippen LogP contribution is 2.49. The van der Waals surface area contributed by atoms with Crippen LogP contribution in [0.25, 0.3) is 6.08 Å². The highest BCUT2D eigenvalue weighted by atomic mass is 16.6. The largest absolute Gasteiger partial charge is 0.379 e. The van der Waals surface area contributed by atoms with Crippen LogP contribution in [0.15, 0.2) is 70.5 Å². The molecule has 0 spiro atoms. The lowest BCUT2D eigenvalue weighted by Crippen LogP contribution is -2.67. The number of nitro benzene ring substituents is 1. The fourth-order valence-corrected chi connectivity index (χ4v) is 5.03. The van der Waals surface area contributed by atoms with Crippen molar-refractivity contribution in [2.45, 2.75) is 31.0 Å². The lowest BCUT2D eigenvalue weighted by atomic mass is 9.77. The van der Waals surface area contributed by atoms with Gasteiger partial charge in [-0.3, -0.25) is 15.0 Å². The number of hydrogen-bond acceptors (Lipinski definition) is 7. The van der Waals surface area contributed by atoms with Crippen molar-refractivity contribution in [2.24, 2.45) is 10.3 Å². The van der Waals surface area contributed by atoms with Gasteiger partial charge in [-0.15, -0.1) is 0 Å². The Kier molecular flexibility index (Phi) is 5.25. The van der Waals surface area contributed by atoms with E-state index < -0.39 is 5.66 Å². The molecule has 0 aromatic heterocycles. The Bertz CT molecular complexity index is 1000. The molecular formula is C23H25N5O3. The molecule has 2 aromatic carbocycles. The van der Waals surface area contributed by atoms with Crippen LogP contribution in [-0.4, -0.2) is 47.8 Å². The molecule has 2 aromatic rings. The second-order valence-corrected chi connectivity index (χ2v) is 8.10. The third kappa shape index (κ3) is 3.41. The van der Waals surface area contributed by atoms with Gasteiger partial charge in [-0.1, -0.05) is 41.6 Å². The van der Waals surface area contributed by atoms with Gasteiger partial charge in [0, 0.05) is 25.2 Å². The summed E-state index contributed by atoms with van der Waals surface area (Å²) in [7, 11) is 0. The van der Waals surface area contributed by atoms with E-state index in [-0.39, 0.29) is 16.7 Å². The normalized spacial score (nSPS) is 27.4. The molecular weight excluding hydrogens is 394 g/mol. The first kappa shape index (κ1) is 19.8. The van der Waals surface area contributed by atoms with E-state index in [4.69, 9.17) is 9.85 Å². The van der Waals surface area contributed by atoms with Gasteiger partial charge in [-0.05, 0) is 42.5 Å². The predicted octanol–water partition coefficient (Wildman–Crippen LogP) is 4.45. The zero-order valence-corrected chi connectivity index (χ0v) is 17.3. The lowest BCUT2D eigenvalue weighted by molar-refractivity contribution is -0.384. The fourth-order valence-electron chi connectivity index (χ4n) is 5.03. The molecule has 0 amide bonds. The van der Waals surface area contributed by atoms with Crippen LogP contribution < -0.4 is 5.01 Å². The average molecular weight is 419 g/mol. The highest BCUT2D eigenvalue weighted by molar-refractivity contribution is 5.63. The number of rotatable bonds is 4. The van der Waals surface area contributed by atoms with Gasteiger partial charge in [-0.2, -0.15) is 5.11 Å². The summed E-state index contributed by atoms with van der Waals surface area (Å²) in [5, 5.41) is 22.5. The van der Waals surface area contributed by atoms with Crippen LogP contribution in [0.5, 0.6) is 0 Å². The molecule has 31 heavy (non-hydrogen) atoms. The molecule has 2 heterocycles. The molecule has 2 atom stereocenters. The number of ether oxygens (including phenoxy) is 1. The van der Waals surface area contributed by atoms with E-state index in [0.29, 0.717) is 13.2 Å². The summed E-state index contributed by atoms with van der Waals surface area (Å²) in [6.45, 7) is 2.91. The Morgan fingerprint density at radius 1 is 1.10 bits per heavy atom. The SMILES string of the molecule is O=[N+]([O-])c1ccc(N2N=NC3CCC/C(=C\c4ccccc4)C32N2CCOCC2)cc1. The van der Waals surface area contributed by atoms with Crippen LogP contribution in [0.2, 0.25) is 0 Å². The zero-order chi connectivity index (χ0) is 21.3. The third-order valence-electron chi connectivity index (χ3n) is 6.40. The monoisotopic (exact) mass is 419 g/mol. The maximum Gasteiger partial charge on any atom is 0.269 e. The van der Waals surface area contributed by atoms with E-state index in [1.54, 1.807) is 12.1 Å². The van der Waals surface area contributed by atoms with Crippen LogP contribution in [0, 0.1) is 10.1 Å². The van der Waals surface area contributed by atoms with Crippen LogP contribution in [-0.2, 0) is 4.74 Å². The third-order valence-corrected chi connectivity index (χ3v) is 6.40. The maximum absolute atomic E-state index is 11.1. The number of hydrogen-bond donors (Lipinski definition) is 0. The van der Waals surface area contributed by atoms with E-state index in [1.807, 2.05) is 23.2 Å². The van der Waals surface area contributed by atoms with E-state index in [0.717, 1.165) is 43.6 Å². The fraction of sp³-hybridized carbons (Fsp3) is 0.391. The topological polar surface area (TPSA) is 83.6 Å². The first-order valence-electron chi connectivity index (χ1n) is 10.7. The van der Waals surface area contributed by atoms with Crippen LogP contribution in [0.3, 0.4) is 0 Å². The standard InChI is InChI=1S/C23H25N5O3/c29-28(30)21-11-9-20(10-12-21)27-23(26-13-15-31-16-14-26)19(7-4-8-22(23)24-25-27)17-18-5-2-1-3-6-18/h1-3,5-6,9-12,17,22H,4,7-8,13-16H2/b19-17+. The van der Waals surface area contributed by atoms with E-state index >= 15 is 0 Å². The van der Waals surface area contributed by atoms with Gasteiger partial charge in [-0.25, -0.2) is 5.01 Å². The number of nitro groups is 1. The van der Waals surface area contributed by atoms with Gasteiger partial charge in [0.05, 0.1) is 23.8 Å². The molecule has 160 valence electrons. The number of morpholine rings is 1. The summed E-state index contributed by atoms with van der Waals surface area (Å²) < 4.78 is 5.66. The van der Waals surface area contributed by atoms with Crippen molar-refractivity contribution in [2.75, 3.05) is 31.3 Å². The minimum Gasteiger partial charge on any atom is -0.379 e.